The number of nitrogens with two attached hydrogens (primary N) is 1. The lowest BCUT2D eigenvalue weighted by Crippen LogP contribution is -2.31. The Morgan fingerprint density at radius 1 is 1.44 bits per heavy atom. The van der Waals surface area contributed by atoms with Crippen LogP contribution >= 0.6 is 0 Å². The maximum atomic E-state index is 11.6. The third kappa shape index (κ3) is 2.33. The molecular weight excluding hydrogens is 204 g/mol. The average molecular weight is 220 g/mol. The zero-order valence-corrected chi connectivity index (χ0v) is 9.16. The Morgan fingerprint density at radius 2 is 2.31 bits per heavy atom. The summed E-state index contributed by atoms with van der Waals surface area (Å²) in [5.41, 5.74) is 7.21. The molecule has 0 atom stereocenters. The topological polar surface area (TPSA) is 64.3 Å². The Balaban J connectivity index is 2.11. The fourth-order valence-electron chi connectivity index (χ4n) is 1.75. The summed E-state index contributed by atoms with van der Waals surface area (Å²) in [6.45, 7) is 1.93. The van der Waals surface area contributed by atoms with Gasteiger partial charge in [-0.2, -0.15) is 0 Å². The van der Waals surface area contributed by atoms with Crippen LogP contribution in [0.4, 0.5) is 0 Å². The molecule has 1 aromatic carbocycles. The molecule has 0 radical (unpaired) electrons. The molecule has 1 heterocycles. The summed E-state index contributed by atoms with van der Waals surface area (Å²) < 4.78 is 5.50. The smallest absolute Gasteiger partial charge is 0.251 e. The van der Waals surface area contributed by atoms with Gasteiger partial charge in [0.05, 0.1) is 6.61 Å². The second-order valence-corrected chi connectivity index (χ2v) is 3.82. The highest BCUT2D eigenvalue weighted by atomic mass is 16.5. The minimum absolute atomic E-state index is 0.00877. The third-order valence-corrected chi connectivity index (χ3v) is 2.62. The van der Waals surface area contributed by atoms with Gasteiger partial charge in [-0.3, -0.25) is 4.79 Å². The SMILES string of the molecule is NCCCOc1ccc2c(c1)C(=O)NCC2. The van der Waals surface area contributed by atoms with Crippen molar-refractivity contribution in [2.45, 2.75) is 12.8 Å². The maximum absolute atomic E-state index is 11.6. The molecule has 2 rings (SSSR count). The van der Waals surface area contributed by atoms with Gasteiger partial charge in [-0.25, -0.2) is 0 Å². The van der Waals surface area contributed by atoms with E-state index >= 15 is 0 Å². The Hall–Kier alpha value is -1.55. The first-order chi connectivity index (χ1) is 7.81. The van der Waals surface area contributed by atoms with Gasteiger partial charge in [-0.1, -0.05) is 6.07 Å². The maximum Gasteiger partial charge on any atom is 0.251 e. The van der Waals surface area contributed by atoms with Crippen molar-refractivity contribution in [3.8, 4) is 5.75 Å². The number of rotatable bonds is 4. The van der Waals surface area contributed by atoms with Crippen LogP contribution in [0.3, 0.4) is 0 Å². The fourth-order valence-corrected chi connectivity index (χ4v) is 1.75. The van der Waals surface area contributed by atoms with E-state index in [1.54, 1.807) is 6.07 Å². The molecule has 0 unspecified atom stereocenters. The standard InChI is InChI=1S/C12H16N2O2/c13-5-1-7-16-10-3-2-9-4-6-14-12(15)11(9)8-10/h2-3,8H,1,4-7,13H2,(H,14,15). The number of nitrogens with one attached hydrogen (secondary N) is 1. The lowest BCUT2D eigenvalue weighted by Gasteiger charge is -2.17. The van der Waals surface area contributed by atoms with Crippen molar-refractivity contribution in [2.24, 2.45) is 5.73 Å². The molecule has 0 saturated heterocycles. The molecule has 86 valence electrons. The van der Waals surface area contributed by atoms with Gasteiger partial charge in [0.15, 0.2) is 0 Å². The van der Waals surface area contributed by atoms with E-state index in [0.717, 1.165) is 36.3 Å². The summed E-state index contributed by atoms with van der Waals surface area (Å²) >= 11 is 0. The first-order valence-corrected chi connectivity index (χ1v) is 5.55. The molecular formula is C12H16N2O2. The molecule has 1 aliphatic rings. The van der Waals surface area contributed by atoms with Crippen LogP contribution < -0.4 is 15.8 Å². The lowest BCUT2D eigenvalue weighted by molar-refractivity contribution is 0.0945. The molecule has 1 aliphatic heterocycles. The van der Waals surface area contributed by atoms with E-state index in [0.29, 0.717) is 13.2 Å². The van der Waals surface area contributed by atoms with Crippen molar-refractivity contribution in [1.29, 1.82) is 0 Å². The molecule has 0 aromatic heterocycles. The number of benzene rings is 1. The van der Waals surface area contributed by atoms with Crippen LogP contribution in [0.25, 0.3) is 0 Å². The van der Waals surface area contributed by atoms with Crippen molar-refractivity contribution in [3.63, 3.8) is 0 Å². The average Bonchev–Trinajstić information content (AvgIpc) is 2.30. The Morgan fingerprint density at radius 3 is 3.12 bits per heavy atom. The summed E-state index contributed by atoms with van der Waals surface area (Å²) in [5, 5.41) is 2.82. The van der Waals surface area contributed by atoms with E-state index in [2.05, 4.69) is 5.32 Å². The minimum Gasteiger partial charge on any atom is -0.494 e. The second kappa shape index (κ2) is 4.99. The molecule has 1 amide bonds. The first-order valence-electron chi connectivity index (χ1n) is 5.55. The molecule has 0 aliphatic carbocycles. The zero-order chi connectivity index (χ0) is 11.4. The number of carbonyl (C=O) groups is 1. The van der Waals surface area contributed by atoms with Gasteiger partial charge >= 0.3 is 0 Å². The van der Waals surface area contributed by atoms with E-state index in [4.69, 9.17) is 10.5 Å². The number of amides is 1. The van der Waals surface area contributed by atoms with Crippen LogP contribution in [0, 0.1) is 0 Å². The van der Waals surface area contributed by atoms with Gasteiger partial charge in [0, 0.05) is 12.1 Å². The predicted molar refractivity (Wildman–Crippen MR) is 61.6 cm³/mol. The fraction of sp³-hybridized carbons (Fsp3) is 0.417. The number of hydrogen-bond donors (Lipinski definition) is 2. The van der Waals surface area contributed by atoms with E-state index < -0.39 is 0 Å². The molecule has 4 heteroatoms. The van der Waals surface area contributed by atoms with Crippen molar-refractivity contribution in [1.82, 2.24) is 5.32 Å². The van der Waals surface area contributed by atoms with Gasteiger partial charge in [-0.15, -0.1) is 0 Å². The normalized spacial score (nSPS) is 14.2. The van der Waals surface area contributed by atoms with Crippen molar-refractivity contribution >= 4 is 5.91 Å². The van der Waals surface area contributed by atoms with E-state index in [9.17, 15) is 4.79 Å². The van der Waals surface area contributed by atoms with Gasteiger partial charge in [0.1, 0.15) is 5.75 Å². The third-order valence-electron chi connectivity index (χ3n) is 2.62. The number of hydrogen-bond acceptors (Lipinski definition) is 3. The molecule has 1 aromatic rings. The molecule has 0 fully saturated rings. The predicted octanol–water partition coefficient (Wildman–Crippen LogP) is 0.700. The van der Waals surface area contributed by atoms with Crippen LogP contribution in [0.5, 0.6) is 5.75 Å². The largest absolute Gasteiger partial charge is 0.494 e. The number of fused-ring (bicyclic) bond motifs is 1. The second-order valence-electron chi connectivity index (χ2n) is 3.82. The van der Waals surface area contributed by atoms with Crippen molar-refractivity contribution < 1.29 is 9.53 Å². The summed E-state index contributed by atoms with van der Waals surface area (Å²) in [6, 6.07) is 5.68. The Labute approximate surface area is 94.8 Å². The molecule has 0 spiro atoms. The highest BCUT2D eigenvalue weighted by Crippen LogP contribution is 2.20. The summed E-state index contributed by atoms with van der Waals surface area (Å²) in [7, 11) is 0. The summed E-state index contributed by atoms with van der Waals surface area (Å²) in [5.74, 6) is 0.731. The summed E-state index contributed by atoms with van der Waals surface area (Å²) in [6.07, 6.45) is 1.72. The van der Waals surface area contributed by atoms with Gasteiger partial charge in [0.2, 0.25) is 0 Å². The zero-order valence-electron chi connectivity index (χ0n) is 9.16. The highest BCUT2D eigenvalue weighted by Gasteiger charge is 2.16. The van der Waals surface area contributed by atoms with Crippen LogP contribution in [0.15, 0.2) is 18.2 Å². The molecule has 0 saturated carbocycles. The quantitative estimate of drug-likeness (QED) is 0.734. The Bertz CT molecular complexity index is 391. The van der Waals surface area contributed by atoms with E-state index in [1.165, 1.54) is 0 Å². The first kappa shape index (κ1) is 11.0. The molecule has 0 bridgehead atoms. The van der Waals surface area contributed by atoms with Gasteiger partial charge < -0.3 is 15.8 Å². The highest BCUT2D eigenvalue weighted by molar-refractivity contribution is 5.97. The minimum atomic E-state index is -0.00877. The number of ether oxygens (including phenoxy) is 1. The molecule has 3 N–H and O–H groups in total. The van der Waals surface area contributed by atoms with Crippen LogP contribution in [0.2, 0.25) is 0 Å². The molecule has 16 heavy (non-hydrogen) atoms. The van der Waals surface area contributed by atoms with Crippen LogP contribution in [-0.4, -0.2) is 25.6 Å². The number of carbonyl (C=O) groups excluding carboxylic acids is 1. The molecule has 4 nitrogen and oxygen atoms in total. The van der Waals surface area contributed by atoms with Crippen molar-refractivity contribution in [3.05, 3.63) is 29.3 Å². The van der Waals surface area contributed by atoms with Gasteiger partial charge in [0.25, 0.3) is 5.91 Å². The van der Waals surface area contributed by atoms with Gasteiger partial charge in [-0.05, 0) is 37.1 Å². The Kier molecular flexibility index (Phi) is 3.41. The summed E-state index contributed by atoms with van der Waals surface area (Å²) in [4.78, 5) is 11.6. The van der Waals surface area contributed by atoms with Crippen LogP contribution in [0.1, 0.15) is 22.3 Å². The lowest BCUT2D eigenvalue weighted by atomic mass is 10.0. The monoisotopic (exact) mass is 220 g/mol. The van der Waals surface area contributed by atoms with E-state index in [-0.39, 0.29) is 5.91 Å². The van der Waals surface area contributed by atoms with E-state index in [1.807, 2.05) is 12.1 Å². The van der Waals surface area contributed by atoms with Crippen molar-refractivity contribution in [2.75, 3.05) is 19.7 Å². The van der Waals surface area contributed by atoms with Crippen LogP contribution in [-0.2, 0) is 6.42 Å².